The molecule has 0 saturated carbocycles. The summed E-state index contributed by atoms with van der Waals surface area (Å²) < 4.78 is 31.5. The third-order valence-corrected chi connectivity index (χ3v) is 5.06. The zero-order chi connectivity index (χ0) is 22.0. The van der Waals surface area contributed by atoms with E-state index < -0.39 is 5.82 Å². The van der Waals surface area contributed by atoms with Crippen molar-refractivity contribution in [3.63, 3.8) is 0 Å². The molecule has 0 atom stereocenters. The molecule has 31 heavy (non-hydrogen) atoms. The van der Waals surface area contributed by atoms with Crippen LogP contribution in [0.4, 0.5) is 10.2 Å². The molecule has 0 saturated heterocycles. The minimum atomic E-state index is -0.475. The Labute approximate surface area is 183 Å². The van der Waals surface area contributed by atoms with Crippen molar-refractivity contribution in [1.82, 2.24) is 14.6 Å². The lowest BCUT2D eigenvalue weighted by Crippen LogP contribution is -2.07. The summed E-state index contributed by atoms with van der Waals surface area (Å²) in [5.74, 6) is 1.90. The fraction of sp³-hybridized carbons (Fsp3) is 0.182. The normalized spacial score (nSPS) is 10.9. The van der Waals surface area contributed by atoms with E-state index in [1.165, 1.54) is 6.07 Å². The fourth-order valence-electron chi connectivity index (χ4n) is 3.27. The lowest BCUT2D eigenvalue weighted by Gasteiger charge is -2.15. The molecule has 4 aromatic rings. The lowest BCUT2D eigenvalue weighted by atomic mass is 10.1. The second-order valence-electron chi connectivity index (χ2n) is 6.64. The van der Waals surface area contributed by atoms with Crippen molar-refractivity contribution in [2.45, 2.75) is 6.54 Å². The van der Waals surface area contributed by atoms with Crippen LogP contribution < -0.4 is 19.5 Å². The summed E-state index contributed by atoms with van der Waals surface area (Å²) in [6, 6.07) is 11.9. The molecule has 0 bridgehead atoms. The molecule has 1 N–H and O–H groups in total. The Hall–Kier alpha value is -3.52. The van der Waals surface area contributed by atoms with Gasteiger partial charge >= 0.3 is 0 Å². The summed E-state index contributed by atoms with van der Waals surface area (Å²) in [5.41, 5.74) is 2.90. The van der Waals surface area contributed by atoms with Crippen LogP contribution in [0, 0.1) is 5.82 Å². The summed E-state index contributed by atoms with van der Waals surface area (Å²) in [4.78, 5) is 4.59. The first-order chi connectivity index (χ1) is 15.0. The van der Waals surface area contributed by atoms with E-state index in [1.807, 2.05) is 18.2 Å². The number of anilines is 1. The van der Waals surface area contributed by atoms with E-state index in [1.54, 1.807) is 50.2 Å². The Bertz CT molecular complexity index is 1220. The summed E-state index contributed by atoms with van der Waals surface area (Å²) in [6.07, 6.45) is 1.66. The third-order valence-electron chi connectivity index (χ3n) is 4.77. The van der Waals surface area contributed by atoms with E-state index in [0.29, 0.717) is 46.5 Å². The molecular weight excluding hydrogens is 423 g/mol. The van der Waals surface area contributed by atoms with E-state index in [2.05, 4.69) is 15.4 Å². The van der Waals surface area contributed by atoms with Gasteiger partial charge in [0.1, 0.15) is 11.6 Å². The number of methoxy groups -OCH3 is 3. The average Bonchev–Trinajstić information content (AvgIpc) is 3.27. The summed E-state index contributed by atoms with van der Waals surface area (Å²) in [7, 11) is 4.71. The molecule has 2 aromatic carbocycles. The quantitative estimate of drug-likeness (QED) is 0.442. The lowest BCUT2D eigenvalue weighted by molar-refractivity contribution is 0.324. The number of nitrogens with zero attached hydrogens (tertiary/aromatic N) is 3. The largest absolute Gasteiger partial charge is 0.493 e. The molecule has 2 aromatic heterocycles. The summed E-state index contributed by atoms with van der Waals surface area (Å²) >= 11 is 5.95. The second-order valence-corrected chi connectivity index (χ2v) is 7.05. The molecule has 9 heteroatoms. The Morgan fingerprint density at radius 1 is 1.00 bits per heavy atom. The minimum Gasteiger partial charge on any atom is -0.493 e. The number of benzene rings is 2. The maximum absolute atomic E-state index is 13.6. The van der Waals surface area contributed by atoms with Crippen LogP contribution in [0.3, 0.4) is 0 Å². The number of fused-ring (bicyclic) bond motifs is 1. The van der Waals surface area contributed by atoms with Crippen molar-refractivity contribution in [1.29, 1.82) is 0 Å². The van der Waals surface area contributed by atoms with Gasteiger partial charge in [-0.1, -0.05) is 11.6 Å². The van der Waals surface area contributed by atoms with Gasteiger partial charge in [0.25, 0.3) is 0 Å². The van der Waals surface area contributed by atoms with E-state index in [4.69, 9.17) is 25.8 Å². The smallest absolute Gasteiger partial charge is 0.203 e. The Balaban J connectivity index is 1.69. The van der Waals surface area contributed by atoms with Gasteiger partial charge in [0.05, 0.1) is 38.2 Å². The SMILES string of the molecule is COc1cc(CNc2cc(-c3ccc(F)c(Cl)c3)nc3ccnn23)cc(OC)c1OC. The minimum absolute atomic E-state index is 0.0413. The van der Waals surface area contributed by atoms with Crippen LogP contribution in [0.5, 0.6) is 17.2 Å². The topological polar surface area (TPSA) is 69.9 Å². The number of halogens is 2. The number of hydrogen-bond acceptors (Lipinski definition) is 6. The first kappa shape index (κ1) is 20.7. The van der Waals surface area contributed by atoms with Gasteiger partial charge in [0.15, 0.2) is 17.1 Å². The van der Waals surface area contributed by atoms with Crippen molar-refractivity contribution < 1.29 is 18.6 Å². The van der Waals surface area contributed by atoms with E-state index in [0.717, 1.165) is 5.56 Å². The van der Waals surface area contributed by atoms with Crippen LogP contribution in [0.25, 0.3) is 16.9 Å². The van der Waals surface area contributed by atoms with Crippen LogP contribution in [0.1, 0.15) is 5.56 Å². The van der Waals surface area contributed by atoms with Gasteiger partial charge < -0.3 is 19.5 Å². The van der Waals surface area contributed by atoms with E-state index in [-0.39, 0.29) is 5.02 Å². The van der Waals surface area contributed by atoms with Crippen LogP contribution >= 0.6 is 11.6 Å². The molecule has 0 fully saturated rings. The highest BCUT2D eigenvalue weighted by Crippen LogP contribution is 2.38. The maximum atomic E-state index is 13.6. The van der Waals surface area contributed by atoms with Gasteiger partial charge in [-0.25, -0.2) is 9.37 Å². The number of rotatable bonds is 7. The van der Waals surface area contributed by atoms with Crippen LogP contribution in [0.2, 0.25) is 5.02 Å². The number of nitrogens with one attached hydrogen (secondary N) is 1. The monoisotopic (exact) mass is 442 g/mol. The summed E-state index contributed by atoms with van der Waals surface area (Å²) in [5, 5.41) is 7.74. The molecule has 7 nitrogen and oxygen atoms in total. The molecule has 160 valence electrons. The van der Waals surface area contributed by atoms with Gasteiger partial charge in [-0.2, -0.15) is 9.61 Å². The summed E-state index contributed by atoms with van der Waals surface area (Å²) in [6.45, 7) is 0.458. The molecular formula is C22H20ClFN4O3. The number of hydrogen-bond donors (Lipinski definition) is 1. The molecule has 0 aliphatic heterocycles. The van der Waals surface area contributed by atoms with Crippen molar-refractivity contribution in [3.05, 3.63) is 65.1 Å². The Kier molecular flexibility index (Phi) is 5.81. The predicted octanol–water partition coefficient (Wildman–Crippen LogP) is 4.83. The number of ether oxygens (including phenoxy) is 3. The van der Waals surface area contributed by atoms with Crippen LogP contribution in [0.15, 0.2) is 48.7 Å². The van der Waals surface area contributed by atoms with Crippen molar-refractivity contribution in [2.75, 3.05) is 26.6 Å². The molecule has 0 spiro atoms. The van der Waals surface area contributed by atoms with E-state index >= 15 is 0 Å². The third kappa shape index (κ3) is 4.06. The van der Waals surface area contributed by atoms with Crippen molar-refractivity contribution in [3.8, 4) is 28.5 Å². The van der Waals surface area contributed by atoms with Crippen LogP contribution in [-0.4, -0.2) is 35.9 Å². The maximum Gasteiger partial charge on any atom is 0.203 e. The second kappa shape index (κ2) is 8.69. The first-order valence-corrected chi connectivity index (χ1v) is 9.74. The van der Waals surface area contributed by atoms with Crippen molar-refractivity contribution in [2.24, 2.45) is 0 Å². The zero-order valence-corrected chi connectivity index (χ0v) is 17.9. The van der Waals surface area contributed by atoms with Crippen LogP contribution in [-0.2, 0) is 6.54 Å². The van der Waals surface area contributed by atoms with Gasteiger partial charge in [-0.3, -0.25) is 0 Å². The van der Waals surface area contributed by atoms with Gasteiger partial charge in [-0.05, 0) is 35.9 Å². The Morgan fingerprint density at radius 2 is 1.74 bits per heavy atom. The Morgan fingerprint density at radius 3 is 2.39 bits per heavy atom. The highest BCUT2D eigenvalue weighted by molar-refractivity contribution is 6.31. The van der Waals surface area contributed by atoms with E-state index in [9.17, 15) is 4.39 Å². The number of aromatic nitrogens is 3. The highest BCUT2D eigenvalue weighted by atomic mass is 35.5. The zero-order valence-electron chi connectivity index (χ0n) is 17.1. The highest BCUT2D eigenvalue weighted by Gasteiger charge is 2.14. The van der Waals surface area contributed by atoms with Gasteiger partial charge in [-0.15, -0.1) is 0 Å². The molecule has 4 rings (SSSR count). The average molecular weight is 443 g/mol. The van der Waals surface area contributed by atoms with Gasteiger partial charge in [0.2, 0.25) is 5.75 Å². The van der Waals surface area contributed by atoms with Gasteiger partial charge in [0, 0.05) is 24.2 Å². The molecule has 0 unspecified atom stereocenters. The fourth-order valence-corrected chi connectivity index (χ4v) is 3.45. The molecule has 0 aliphatic carbocycles. The molecule has 0 aliphatic rings. The predicted molar refractivity (Wildman–Crippen MR) is 117 cm³/mol. The molecule has 0 amide bonds. The van der Waals surface area contributed by atoms with Crippen molar-refractivity contribution >= 4 is 23.1 Å². The standard InChI is InChI=1S/C22H20ClFN4O3/c1-29-18-8-13(9-19(30-2)22(18)31-3)12-25-21-11-17(27-20-6-7-26-28(20)21)14-4-5-16(24)15(23)10-14/h4-11,25H,12H2,1-3H3. The molecule has 2 heterocycles. The molecule has 0 radical (unpaired) electrons. The first-order valence-electron chi connectivity index (χ1n) is 9.37.